The molecule has 2 rings (SSSR count). The summed E-state index contributed by atoms with van der Waals surface area (Å²) in [5.41, 5.74) is 2.54. The largest absolute Gasteiger partial charge is 0.491 e. The SMILES string of the molecule is Cc1ccc(OCCNC(=O)c2ccc(S(=O)(=O)NCCC#N)cc2)c(C)c1. The Morgan fingerprint density at radius 1 is 1.11 bits per heavy atom. The van der Waals surface area contributed by atoms with Crippen LogP contribution in [0.5, 0.6) is 5.75 Å². The first kappa shape index (κ1) is 21.4. The molecule has 0 aliphatic carbocycles. The Hall–Kier alpha value is -2.89. The molecule has 0 aromatic heterocycles. The maximum Gasteiger partial charge on any atom is 0.251 e. The summed E-state index contributed by atoms with van der Waals surface area (Å²) >= 11 is 0. The predicted molar refractivity (Wildman–Crippen MR) is 106 cm³/mol. The Morgan fingerprint density at radius 3 is 2.46 bits per heavy atom. The fourth-order valence-electron chi connectivity index (χ4n) is 2.50. The summed E-state index contributed by atoms with van der Waals surface area (Å²) in [5.74, 6) is 0.462. The van der Waals surface area contributed by atoms with E-state index in [1.54, 1.807) is 0 Å². The minimum absolute atomic E-state index is 0.0418. The van der Waals surface area contributed by atoms with Crippen molar-refractivity contribution in [1.29, 1.82) is 5.26 Å². The molecule has 0 atom stereocenters. The van der Waals surface area contributed by atoms with Crippen LogP contribution in [-0.4, -0.2) is 34.0 Å². The number of nitrogens with one attached hydrogen (secondary N) is 2. The first-order chi connectivity index (χ1) is 13.3. The van der Waals surface area contributed by atoms with Crippen LogP contribution in [-0.2, 0) is 10.0 Å². The summed E-state index contributed by atoms with van der Waals surface area (Å²) in [7, 11) is -3.69. The molecule has 0 heterocycles. The zero-order chi connectivity index (χ0) is 20.6. The predicted octanol–water partition coefficient (Wildman–Crippen LogP) is 2.30. The molecule has 0 spiro atoms. The third kappa shape index (κ3) is 6.08. The third-order valence-electron chi connectivity index (χ3n) is 3.93. The smallest absolute Gasteiger partial charge is 0.251 e. The number of hydrogen-bond acceptors (Lipinski definition) is 5. The van der Waals surface area contributed by atoms with Crippen LogP contribution in [0, 0.1) is 25.2 Å². The van der Waals surface area contributed by atoms with Crippen LogP contribution in [0.15, 0.2) is 47.4 Å². The Balaban J connectivity index is 1.85. The number of aryl methyl sites for hydroxylation is 2. The van der Waals surface area contributed by atoms with Crippen LogP contribution in [0.3, 0.4) is 0 Å². The highest BCUT2D eigenvalue weighted by atomic mass is 32.2. The number of sulfonamides is 1. The Morgan fingerprint density at radius 2 is 1.82 bits per heavy atom. The first-order valence-corrected chi connectivity index (χ1v) is 10.3. The maximum absolute atomic E-state index is 12.2. The van der Waals surface area contributed by atoms with Gasteiger partial charge in [-0.25, -0.2) is 13.1 Å². The average Bonchev–Trinajstić information content (AvgIpc) is 2.66. The minimum atomic E-state index is -3.69. The summed E-state index contributed by atoms with van der Waals surface area (Å²) in [5, 5.41) is 11.2. The normalized spacial score (nSPS) is 10.9. The van der Waals surface area contributed by atoms with Crippen molar-refractivity contribution >= 4 is 15.9 Å². The zero-order valence-electron chi connectivity index (χ0n) is 15.9. The van der Waals surface area contributed by atoms with E-state index in [1.807, 2.05) is 38.1 Å². The summed E-state index contributed by atoms with van der Waals surface area (Å²) < 4.78 is 32.1. The van der Waals surface area contributed by atoms with Gasteiger partial charge in [-0.15, -0.1) is 0 Å². The van der Waals surface area contributed by atoms with E-state index in [2.05, 4.69) is 10.0 Å². The molecule has 2 aromatic carbocycles. The second-order valence-electron chi connectivity index (χ2n) is 6.20. The fraction of sp³-hybridized carbons (Fsp3) is 0.300. The lowest BCUT2D eigenvalue weighted by atomic mass is 10.1. The maximum atomic E-state index is 12.2. The number of ether oxygens (including phenoxy) is 1. The monoisotopic (exact) mass is 401 g/mol. The van der Waals surface area contributed by atoms with Gasteiger partial charge < -0.3 is 10.1 Å². The second kappa shape index (κ2) is 9.88. The van der Waals surface area contributed by atoms with E-state index in [0.29, 0.717) is 18.7 Å². The van der Waals surface area contributed by atoms with Gasteiger partial charge in [-0.05, 0) is 49.7 Å². The lowest BCUT2D eigenvalue weighted by Gasteiger charge is -2.11. The van der Waals surface area contributed by atoms with Gasteiger partial charge in [0.1, 0.15) is 12.4 Å². The second-order valence-corrected chi connectivity index (χ2v) is 7.97. The molecule has 148 valence electrons. The number of carbonyl (C=O) groups excluding carboxylic acids is 1. The summed E-state index contributed by atoms with van der Waals surface area (Å²) in [6.07, 6.45) is 0.0872. The van der Waals surface area contributed by atoms with Gasteiger partial charge in [0.2, 0.25) is 10.0 Å². The van der Waals surface area contributed by atoms with Gasteiger partial charge in [0.15, 0.2) is 0 Å². The molecule has 0 aliphatic heterocycles. The van der Waals surface area contributed by atoms with Crippen molar-refractivity contribution in [2.45, 2.75) is 25.2 Å². The average molecular weight is 401 g/mol. The minimum Gasteiger partial charge on any atom is -0.491 e. The number of rotatable bonds is 9. The molecule has 2 N–H and O–H groups in total. The molecule has 1 amide bonds. The van der Waals surface area contributed by atoms with Crippen molar-refractivity contribution in [2.75, 3.05) is 19.7 Å². The molecule has 28 heavy (non-hydrogen) atoms. The molecule has 8 heteroatoms. The van der Waals surface area contributed by atoms with E-state index in [-0.39, 0.29) is 23.8 Å². The van der Waals surface area contributed by atoms with Crippen molar-refractivity contribution in [3.8, 4) is 11.8 Å². The van der Waals surface area contributed by atoms with Crippen LogP contribution in [0.25, 0.3) is 0 Å². The number of amides is 1. The van der Waals surface area contributed by atoms with Gasteiger partial charge in [-0.1, -0.05) is 17.7 Å². The topological polar surface area (TPSA) is 108 Å². The highest BCUT2D eigenvalue weighted by Crippen LogP contribution is 2.18. The number of benzene rings is 2. The van der Waals surface area contributed by atoms with Crippen molar-refractivity contribution < 1.29 is 17.9 Å². The molecule has 0 bridgehead atoms. The summed E-state index contributed by atoms with van der Waals surface area (Å²) in [6, 6.07) is 13.4. The first-order valence-electron chi connectivity index (χ1n) is 8.78. The van der Waals surface area contributed by atoms with E-state index in [4.69, 9.17) is 10.00 Å². The molecule has 0 aliphatic rings. The quantitative estimate of drug-likeness (QED) is 0.627. The zero-order valence-corrected chi connectivity index (χ0v) is 16.7. The molecule has 0 saturated carbocycles. The van der Waals surface area contributed by atoms with Crippen LogP contribution in [0.1, 0.15) is 27.9 Å². The number of carbonyl (C=O) groups is 1. The van der Waals surface area contributed by atoms with Crippen LogP contribution in [0.4, 0.5) is 0 Å². The van der Waals surface area contributed by atoms with Crippen LogP contribution < -0.4 is 14.8 Å². The standard InChI is InChI=1S/C20H23N3O4S/c1-15-4-9-19(16(2)14-15)27-13-12-22-20(24)17-5-7-18(8-6-17)28(25,26)23-11-3-10-21/h4-9,14,23H,3,11-13H2,1-2H3,(H,22,24). The van der Waals surface area contributed by atoms with Gasteiger partial charge in [-0.3, -0.25) is 4.79 Å². The third-order valence-corrected chi connectivity index (χ3v) is 5.41. The van der Waals surface area contributed by atoms with Crippen molar-refractivity contribution in [3.63, 3.8) is 0 Å². The number of hydrogen-bond donors (Lipinski definition) is 2. The van der Waals surface area contributed by atoms with E-state index in [0.717, 1.165) is 16.9 Å². The van der Waals surface area contributed by atoms with Gasteiger partial charge in [0, 0.05) is 18.5 Å². The molecule has 0 unspecified atom stereocenters. The summed E-state index contributed by atoms with van der Waals surface area (Å²) in [6.45, 7) is 4.66. The fourth-order valence-corrected chi connectivity index (χ4v) is 3.53. The Kier molecular flexibility index (Phi) is 7.55. The Bertz CT molecular complexity index is 964. The highest BCUT2D eigenvalue weighted by Gasteiger charge is 2.14. The van der Waals surface area contributed by atoms with Crippen molar-refractivity contribution in [3.05, 3.63) is 59.2 Å². The van der Waals surface area contributed by atoms with Gasteiger partial charge >= 0.3 is 0 Å². The molecule has 2 aromatic rings. The molecule has 0 radical (unpaired) electrons. The van der Waals surface area contributed by atoms with Gasteiger partial charge in [0.25, 0.3) is 5.91 Å². The van der Waals surface area contributed by atoms with Crippen LogP contribution in [0.2, 0.25) is 0 Å². The number of nitrogens with zero attached hydrogens (tertiary/aromatic N) is 1. The van der Waals surface area contributed by atoms with E-state index >= 15 is 0 Å². The van der Waals surface area contributed by atoms with Gasteiger partial charge in [-0.2, -0.15) is 5.26 Å². The van der Waals surface area contributed by atoms with E-state index < -0.39 is 10.0 Å². The van der Waals surface area contributed by atoms with Crippen molar-refractivity contribution in [1.82, 2.24) is 10.0 Å². The van der Waals surface area contributed by atoms with Crippen molar-refractivity contribution in [2.24, 2.45) is 0 Å². The van der Waals surface area contributed by atoms with E-state index in [9.17, 15) is 13.2 Å². The summed E-state index contributed by atoms with van der Waals surface area (Å²) in [4.78, 5) is 12.2. The molecular weight excluding hydrogens is 378 g/mol. The molecule has 0 fully saturated rings. The lowest BCUT2D eigenvalue weighted by molar-refractivity contribution is 0.0947. The Labute approximate surface area is 165 Å². The van der Waals surface area contributed by atoms with Crippen LogP contribution >= 0.6 is 0 Å². The lowest BCUT2D eigenvalue weighted by Crippen LogP contribution is -2.28. The number of nitriles is 1. The highest BCUT2D eigenvalue weighted by molar-refractivity contribution is 7.89. The molecule has 0 saturated heterocycles. The van der Waals surface area contributed by atoms with E-state index in [1.165, 1.54) is 24.3 Å². The van der Waals surface area contributed by atoms with Gasteiger partial charge in [0.05, 0.1) is 17.5 Å². The molecular formula is C20H23N3O4S. The molecule has 7 nitrogen and oxygen atoms in total.